The molecular formula is C15H25NOS. The average Bonchev–Trinajstić information content (AvgIpc) is 2.37. The maximum atomic E-state index is 5.37. The summed E-state index contributed by atoms with van der Waals surface area (Å²) in [7, 11) is 1.72. The normalized spacial score (nSPS) is 13.4. The Bertz CT molecular complexity index is 365. The molecule has 0 fully saturated rings. The van der Waals surface area contributed by atoms with Crippen LogP contribution in [0.3, 0.4) is 0 Å². The van der Waals surface area contributed by atoms with Crippen LogP contribution in [0, 0.1) is 0 Å². The first-order valence-electron chi connectivity index (χ1n) is 6.53. The second kappa shape index (κ2) is 7.05. The molecule has 0 heterocycles. The van der Waals surface area contributed by atoms with E-state index in [-0.39, 0.29) is 5.54 Å². The molecule has 1 atom stereocenters. The van der Waals surface area contributed by atoms with Gasteiger partial charge in [0.1, 0.15) is 5.75 Å². The predicted octanol–water partition coefficient (Wildman–Crippen LogP) is 3.95. The van der Waals surface area contributed by atoms with Crippen molar-refractivity contribution in [1.29, 1.82) is 0 Å². The van der Waals surface area contributed by atoms with Crippen LogP contribution in [0.2, 0.25) is 0 Å². The number of methoxy groups -OCH3 is 1. The van der Waals surface area contributed by atoms with Gasteiger partial charge < -0.3 is 10.1 Å². The Labute approximate surface area is 116 Å². The summed E-state index contributed by atoms with van der Waals surface area (Å²) in [6.07, 6.45) is 1.14. The van der Waals surface area contributed by atoms with E-state index < -0.39 is 0 Å². The molecule has 0 amide bonds. The van der Waals surface area contributed by atoms with Crippen LogP contribution in [0.5, 0.6) is 5.75 Å². The van der Waals surface area contributed by atoms with Crippen molar-refractivity contribution in [3.8, 4) is 5.75 Å². The molecule has 0 aromatic heterocycles. The molecule has 18 heavy (non-hydrogen) atoms. The van der Waals surface area contributed by atoms with Gasteiger partial charge in [-0.25, -0.2) is 0 Å². The van der Waals surface area contributed by atoms with Gasteiger partial charge >= 0.3 is 0 Å². The van der Waals surface area contributed by atoms with Gasteiger partial charge in [-0.05, 0) is 32.4 Å². The van der Waals surface area contributed by atoms with Crippen LogP contribution < -0.4 is 10.1 Å². The highest BCUT2D eigenvalue weighted by molar-refractivity contribution is 8.00. The molecule has 0 aliphatic rings. The van der Waals surface area contributed by atoms with E-state index in [0.29, 0.717) is 5.25 Å². The Kier molecular flexibility index (Phi) is 6.03. The highest BCUT2D eigenvalue weighted by atomic mass is 32.2. The summed E-state index contributed by atoms with van der Waals surface area (Å²) in [6.45, 7) is 9.95. The summed E-state index contributed by atoms with van der Waals surface area (Å²) in [4.78, 5) is 1.21. The zero-order valence-electron chi connectivity index (χ0n) is 12.1. The van der Waals surface area contributed by atoms with Crippen molar-refractivity contribution >= 4 is 11.8 Å². The third kappa shape index (κ3) is 4.91. The molecule has 1 aromatic carbocycles. The van der Waals surface area contributed by atoms with Gasteiger partial charge in [-0.2, -0.15) is 0 Å². The minimum atomic E-state index is 0.218. The molecule has 0 saturated carbocycles. The first-order chi connectivity index (χ1) is 8.48. The topological polar surface area (TPSA) is 21.3 Å². The number of hydrogen-bond donors (Lipinski definition) is 1. The van der Waals surface area contributed by atoms with Crippen molar-refractivity contribution in [3.05, 3.63) is 24.3 Å². The highest BCUT2D eigenvalue weighted by Gasteiger charge is 2.16. The lowest BCUT2D eigenvalue weighted by Crippen LogP contribution is -2.41. The van der Waals surface area contributed by atoms with Crippen molar-refractivity contribution in [3.63, 3.8) is 0 Å². The first-order valence-corrected chi connectivity index (χ1v) is 7.41. The van der Waals surface area contributed by atoms with E-state index in [4.69, 9.17) is 4.74 Å². The largest absolute Gasteiger partial charge is 0.496 e. The van der Waals surface area contributed by atoms with E-state index in [1.165, 1.54) is 4.90 Å². The van der Waals surface area contributed by atoms with E-state index in [9.17, 15) is 0 Å². The molecule has 0 aliphatic heterocycles. The van der Waals surface area contributed by atoms with Crippen molar-refractivity contribution < 1.29 is 4.74 Å². The average molecular weight is 267 g/mol. The zero-order valence-corrected chi connectivity index (χ0v) is 12.9. The zero-order chi connectivity index (χ0) is 13.6. The monoisotopic (exact) mass is 267 g/mol. The lowest BCUT2D eigenvalue weighted by Gasteiger charge is -2.26. The van der Waals surface area contributed by atoms with Crippen LogP contribution in [-0.2, 0) is 0 Å². The van der Waals surface area contributed by atoms with Crippen molar-refractivity contribution in [2.75, 3.05) is 13.7 Å². The summed E-state index contributed by atoms with van der Waals surface area (Å²) in [6, 6.07) is 8.19. The number of ether oxygens (including phenoxy) is 1. The van der Waals surface area contributed by atoms with E-state index in [1.807, 2.05) is 23.9 Å². The lowest BCUT2D eigenvalue weighted by atomic mass is 10.0. The second-order valence-corrected chi connectivity index (χ2v) is 6.68. The Morgan fingerprint density at radius 2 is 2.00 bits per heavy atom. The number of benzene rings is 1. The number of hydrogen-bond acceptors (Lipinski definition) is 3. The minimum absolute atomic E-state index is 0.218. The molecule has 0 aliphatic carbocycles. The lowest BCUT2D eigenvalue weighted by molar-refractivity contribution is 0.379. The van der Waals surface area contributed by atoms with Crippen LogP contribution >= 0.6 is 11.8 Å². The van der Waals surface area contributed by atoms with E-state index in [1.54, 1.807) is 7.11 Å². The summed E-state index contributed by atoms with van der Waals surface area (Å²) >= 11 is 1.86. The van der Waals surface area contributed by atoms with E-state index in [2.05, 4.69) is 45.1 Å². The molecule has 2 nitrogen and oxygen atoms in total. The molecule has 0 saturated heterocycles. The van der Waals surface area contributed by atoms with Crippen LogP contribution in [0.15, 0.2) is 29.2 Å². The van der Waals surface area contributed by atoms with Gasteiger partial charge in [0.2, 0.25) is 0 Å². The Morgan fingerprint density at radius 3 is 2.61 bits per heavy atom. The number of para-hydroxylation sites is 1. The second-order valence-electron chi connectivity index (χ2n) is 5.20. The molecule has 102 valence electrons. The summed E-state index contributed by atoms with van der Waals surface area (Å²) in [5, 5.41) is 4.12. The number of nitrogens with one attached hydrogen (secondary N) is 1. The molecule has 3 heteroatoms. The fraction of sp³-hybridized carbons (Fsp3) is 0.600. The molecule has 1 unspecified atom stereocenters. The van der Waals surface area contributed by atoms with Crippen LogP contribution in [-0.4, -0.2) is 24.4 Å². The Balaban J connectivity index is 2.52. The molecule has 0 bridgehead atoms. The Hall–Kier alpha value is -0.670. The van der Waals surface area contributed by atoms with E-state index in [0.717, 1.165) is 18.7 Å². The maximum Gasteiger partial charge on any atom is 0.132 e. The Morgan fingerprint density at radius 1 is 1.33 bits per heavy atom. The fourth-order valence-corrected chi connectivity index (χ4v) is 2.54. The van der Waals surface area contributed by atoms with Crippen LogP contribution in [0.25, 0.3) is 0 Å². The molecule has 1 rings (SSSR count). The molecule has 1 N–H and O–H groups in total. The van der Waals surface area contributed by atoms with Gasteiger partial charge in [0.15, 0.2) is 0 Å². The number of thioether (sulfide) groups is 1. The SMILES string of the molecule is CCC(C)(C)NCC(C)Sc1ccccc1OC. The van der Waals surface area contributed by atoms with Gasteiger partial charge in [0, 0.05) is 22.2 Å². The van der Waals surface area contributed by atoms with E-state index >= 15 is 0 Å². The van der Waals surface area contributed by atoms with Gasteiger partial charge in [-0.1, -0.05) is 26.0 Å². The minimum Gasteiger partial charge on any atom is -0.496 e. The summed E-state index contributed by atoms with van der Waals surface area (Å²) in [5.74, 6) is 0.962. The summed E-state index contributed by atoms with van der Waals surface area (Å²) in [5.41, 5.74) is 0.218. The number of rotatable bonds is 7. The van der Waals surface area contributed by atoms with Crippen molar-refractivity contribution in [1.82, 2.24) is 5.32 Å². The van der Waals surface area contributed by atoms with Gasteiger partial charge in [0.25, 0.3) is 0 Å². The quantitative estimate of drug-likeness (QED) is 0.756. The van der Waals surface area contributed by atoms with Gasteiger partial charge in [-0.3, -0.25) is 0 Å². The highest BCUT2D eigenvalue weighted by Crippen LogP contribution is 2.31. The van der Waals surface area contributed by atoms with Crippen molar-refractivity contribution in [2.45, 2.75) is 49.8 Å². The third-order valence-electron chi connectivity index (χ3n) is 3.15. The summed E-state index contributed by atoms with van der Waals surface area (Å²) < 4.78 is 5.37. The van der Waals surface area contributed by atoms with Crippen LogP contribution in [0.4, 0.5) is 0 Å². The predicted molar refractivity (Wildman–Crippen MR) is 80.7 cm³/mol. The third-order valence-corrected chi connectivity index (χ3v) is 4.31. The standard InChI is InChI=1S/C15H25NOS/c1-6-15(3,4)16-11-12(2)18-14-10-8-7-9-13(14)17-5/h7-10,12,16H,6,11H2,1-5H3. The molecular weight excluding hydrogens is 242 g/mol. The smallest absolute Gasteiger partial charge is 0.132 e. The first kappa shape index (κ1) is 15.4. The maximum absolute atomic E-state index is 5.37. The van der Waals surface area contributed by atoms with Crippen molar-refractivity contribution in [2.24, 2.45) is 0 Å². The van der Waals surface area contributed by atoms with Gasteiger partial charge in [0.05, 0.1) is 7.11 Å². The molecule has 0 spiro atoms. The molecule has 1 aromatic rings. The molecule has 0 radical (unpaired) electrons. The fourth-order valence-electron chi connectivity index (χ4n) is 1.52. The van der Waals surface area contributed by atoms with Gasteiger partial charge in [-0.15, -0.1) is 11.8 Å². The van der Waals surface area contributed by atoms with Crippen LogP contribution in [0.1, 0.15) is 34.1 Å².